The second-order valence-electron chi connectivity index (χ2n) is 2.68. The Bertz CT molecular complexity index is 406. The Morgan fingerprint density at radius 1 is 1.15 bits per heavy atom. The summed E-state index contributed by atoms with van der Waals surface area (Å²) in [5.41, 5.74) is 2.56. The first-order valence-electron chi connectivity index (χ1n) is 3.95. The maximum absolute atomic E-state index is 10.4. The average Bonchev–Trinajstić information content (AvgIpc) is 2.67. The zero-order chi connectivity index (χ0) is 9.10. The predicted octanol–water partition coefficient (Wildman–Crippen LogP) is 1.89. The van der Waals surface area contributed by atoms with Crippen molar-refractivity contribution in [3.8, 4) is 11.3 Å². The lowest BCUT2D eigenvalue weighted by Gasteiger charge is -1.94. The fourth-order valence-corrected chi connectivity index (χ4v) is 1.18. The largest absolute Gasteiger partial charge is 0.352 e. The van der Waals surface area contributed by atoms with E-state index >= 15 is 0 Å². The summed E-state index contributed by atoms with van der Waals surface area (Å²) >= 11 is 0. The molecule has 0 aromatic carbocycles. The van der Waals surface area contributed by atoms with Crippen LogP contribution in [0.25, 0.3) is 11.3 Å². The van der Waals surface area contributed by atoms with Gasteiger partial charge in [-0.1, -0.05) is 0 Å². The van der Waals surface area contributed by atoms with E-state index in [9.17, 15) is 4.79 Å². The molecule has 2 rings (SSSR count). The Morgan fingerprint density at radius 3 is 2.54 bits per heavy atom. The molecule has 3 heteroatoms. The molecule has 0 fully saturated rings. The molecular formula is C10H8N2O. The molecule has 0 radical (unpaired) electrons. The Morgan fingerprint density at radius 2 is 1.92 bits per heavy atom. The smallest absolute Gasteiger partial charge is 0.166 e. The summed E-state index contributed by atoms with van der Waals surface area (Å²) in [5, 5.41) is 0. The highest BCUT2D eigenvalue weighted by molar-refractivity contribution is 5.75. The lowest BCUT2D eigenvalue weighted by atomic mass is 10.2. The molecule has 0 saturated carbocycles. The molecule has 0 unspecified atom stereocenters. The zero-order valence-electron chi connectivity index (χ0n) is 6.90. The SMILES string of the molecule is O=Cc1ccc(-c2ccncc2)[nH]1. The molecule has 3 nitrogen and oxygen atoms in total. The quantitative estimate of drug-likeness (QED) is 0.703. The summed E-state index contributed by atoms with van der Waals surface area (Å²) in [5.74, 6) is 0. The highest BCUT2D eigenvalue weighted by Crippen LogP contribution is 2.16. The number of hydrogen-bond donors (Lipinski definition) is 1. The molecule has 1 N–H and O–H groups in total. The van der Waals surface area contributed by atoms with Gasteiger partial charge in [-0.15, -0.1) is 0 Å². The lowest BCUT2D eigenvalue weighted by molar-refractivity contribution is 0.111. The summed E-state index contributed by atoms with van der Waals surface area (Å²) < 4.78 is 0. The highest BCUT2D eigenvalue weighted by atomic mass is 16.1. The summed E-state index contributed by atoms with van der Waals surface area (Å²) in [6.45, 7) is 0. The highest BCUT2D eigenvalue weighted by Gasteiger charge is 1.99. The van der Waals surface area contributed by atoms with Crippen molar-refractivity contribution in [2.45, 2.75) is 0 Å². The first-order valence-corrected chi connectivity index (χ1v) is 3.95. The molecule has 2 aromatic heterocycles. The standard InChI is InChI=1S/C10H8N2O/c13-7-9-1-2-10(12-9)8-3-5-11-6-4-8/h1-7,12H. The number of hydrogen-bond acceptors (Lipinski definition) is 2. The number of nitrogens with one attached hydrogen (secondary N) is 1. The summed E-state index contributed by atoms with van der Waals surface area (Å²) in [6, 6.07) is 7.41. The minimum atomic E-state index is 0.590. The van der Waals surface area contributed by atoms with Crippen molar-refractivity contribution in [3.63, 3.8) is 0 Å². The maximum Gasteiger partial charge on any atom is 0.166 e. The van der Waals surface area contributed by atoms with E-state index in [2.05, 4.69) is 9.97 Å². The van der Waals surface area contributed by atoms with Crippen LogP contribution in [-0.4, -0.2) is 16.3 Å². The second kappa shape index (κ2) is 3.23. The zero-order valence-corrected chi connectivity index (χ0v) is 6.90. The van der Waals surface area contributed by atoms with Crippen LogP contribution in [-0.2, 0) is 0 Å². The molecule has 0 aliphatic rings. The molecule has 0 saturated heterocycles. The van der Waals surface area contributed by atoms with Crippen LogP contribution >= 0.6 is 0 Å². The Balaban J connectivity index is 2.41. The van der Waals surface area contributed by atoms with Crippen LogP contribution in [0.3, 0.4) is 0 Å². The van der Waals surface area contributed by atoms with Crippen LogP contribution in [0, 0.1) is 0 Å². The van der Waals surface area contributed by atoms with Crippen molar-refractivity contribution in [3.05, 3.63) is 42.4 Å². The molecule has 2 heterocycles. The van der Waals surface area contributed by atoms with Crippen molar-refractivity contribution < 1.29 is 4.79 Å². The van der Waals surface area contributed by atoms with E-state index in [1.54, 1.807) is 18.5 Å². The van der Waals surface area contributed by atoms with Crippen molar-refractivity contribution in [1.82, 2.24) is 9.97 Å². The minimum Gasteiger partial charge on any atom is -0.352 e. The Hall–Kier alpha value is -1.90. The minimum absolute atomic E-state index is 0.590. The average molecular weight is 172 g/mol. The Kier molecular flexibility index (Phi) is 1.92. The van der Waals surface area contributed by atoms with Crippen LogP contribution in [0.1, 0.15) is 10.5 Å². The van der Waals surface area contributed by atoms with E-state index < -0.39 is 0 Å². The van der Waals surface area contributed by atoms with Crippen LogP contribution in [0.4, 0.5) is 0 Å². The molecule has 0 spiro atoms. The number of nitrogens with zero attached hydrogens (tertiary/aromatic N) is 1. The lowest BCUT2D eigenvalue weighted by Crippen LogP contribution is -1.80. The van der Waals surface area contributed by atoms with Gasteiger partial charge < -0.3 is 4.98 Å². The van der Waals surface area contributed by atoms with Crippen molar-refractivity contribution in [1.29, 1.82) is 0 Å². The molecule has 2 aromatic rings. The molecule has 0 atom stereocenters. The third-order valence-corrected chi connectivity index (χ3v) is 1.83. The first kappa shape index (κ1) is 7.73. The third kappa shape index (κ3) is 1.49. The van der Waals surface area contributed by atoms with Gasteiger partial charge in [0, 0.05) is 23.7 Å². The number of H-pyrrole nitrogens is 1. The summed E-state index contributed by atoms with van der Waals surface area (Å²) in [4.78, 5) is 17.3. The number of aromatic nitrogens is 2. The van der Waals surface area contributed by atoms with Crippen LogP contribution in [0.5, 0.6) is 0 Å². The third-order valence-electron chi connectivity index (χ3n) is 1.83. The fourth-order valence-electron chi connectivity index (χ4n) is 1.18. The van der Waals surface area contributed by atoms with Gasteiger partial charge in [0.15, 0.2) is 6.29 Å². The van der Waals surface area contributed by atoms with Crippen molar-refractivity contribution in [2.24, 2.45) is 0 Å². The Labute approximate surface area is 75.4 Å². The molecule has 0 bridgehead atoms. The van der Waals surface area contributed by atoms with Gasteiger partial charge in [-0.3, -0.25) is 9.78 Å². The monoisotopic (exact) mass is 172 g/mol. The second-order valence-corrected chi connectivity index (χ2v) is 2.68. The molecule has 0 aliphatic carbocycles. The van der Waals surface area contributed by atoms with Gasteiger partial charge in [-0.25, -0.2) is 0 Å². The van der Waals surface area contributed by atoms with Crippen LogP contribution in [0.2, 0.25) is 0 Å². The van der Waals surface area contributed by atoms with Gasteiger partial charge in [0.2, 0.25) is 0 Å². The van der Waals surface area contributed by atoms with Crippen LogP contribution < -0.4 is 0 Å². The van der Waals surface area contributed by atoms with Gasteiger partial charge in [0.1, 0.15) is 0 Å². The van der Waals surface area contributed by atoms with Gasteiger partial charge in [0.05, 0.1) is 5.69 Å². The summed E-state index contributed by atoms with van der Waals surface area (Å²) in [6.07, 6.45) is 4.23. The van der Waals surface area contributed by atoms with E-state index in [1.165, 1.54) is 0 Å². The van der Waals surface area contributed by atoms with Gasteiger partial charge in [-0.05, 0) is 24.3 Å². The number of carbonyl (C=O) groups is 1. The number of carbonyl (C=O) groups excluding carboxylic acids is 1. The first-order chi connectivity index (χ1) is 6.40. The molecular weight excluding hydrogens is 164 g/mol. The molecule has 0 aliphatic heterocycles. The predicted molar refractivity (Wildman–Crippen MR) is 49.4 cm³/mol. The fraction of sp³-hybridized carbons (Fsp3) is 0. The number of aromatic amines is 1. The van der Waals surface area contributed by atoms with E-state index in [0.717, 1.165) is 17.5 Å². The van der Waals surface area contributed by atoms with Gasteiger partial charge in [-0.2, -0.15) is 0 Å². The number of rotatable bonds is 2. The normalized spacial score (nSPS) is 9.85. The summed E-state index contributed by atoms with van der Waals surface area (Å²) in [7, 11) is 0. The van der Waals surface area contributed by atoms with E-state index in [1.807, 2.05) is 18.2 Å². The van der Waals surface area contributed by atoms with Crippen LogP contribution in [0.15, 0.2) is 36.7 Å². The van der Waals surface area contributed by atoms with Crippen molar-refractivity contribution in [2.75, 3.05) is 0 Å². The number of aldehydes is 1. The van der Waals surface area contributed by atoms with E-state index in [-0.39, 0.29) is 0 Å². The van der Waals surface area contributed by atoms with Gasteiger partial charge >= 0.3 is 0 Å². The molecule has 64 valence electrons. The van der Waals surface area contributed by atoms with E-state index in [4.69, 9.17) is 0 Å². The van der Waals surface area contributed by atoms with E-state index in [0.29, 0.717) is 5.69 Å². The number of pyridine rings is 1. The van der Waals surface area contributed by atoms with Crippen molar-refractivity contribution >= 4 is 6.29 Å². The molecule has 13 heavy (non-hydrogen) atoms. The topological polar surface area (TPSA) is 45.8 Å². The van der Waals surface area contributed by atoms with Gasteiger partial charge in [0.25, 0.3) is 0 Å². The molecule has 0 amide bonds. The maximum atomic E-state index is 10.4.